The van der Waals surface area contributed by atoms with Crippen molar-refractivity contribution in [2.45, 2.75) is 20.8 Å². The van der Waals surface area contributed by atoms with E-state index in [1.807, 2.05) is 159 Å². The zero-order valence-corrected chi connectivity index (χ0v) is 76.1. The molecule has 0 aliphatic rings. The number of nitriles is 8. The van der Waals surface area contributed by atoms with E-state index in [1.165, 1.54) is 82.2 Å². The van der Waals surface area contributed by atoms with Crippen LogP contribution in [-0.2, 0) is 0 Å². The topological polar surface area (TPSA) is 225 Å². The third-order valence-corrected chi connectivity index (χ3v) is 35.6. The second kappa shape index (κ2) is 41.8. The number of rotatable bonds is 16. The molecule has 0 aliphatic heterocycles. The quantitative estimate of drug-likeness (QED) is 0.0666. The molecule has 0 fully saturated rings. The molecule has 16 nitrogen and oxygen atoms in total. The largest absolute Gasteiger partial charge is 0.263 e. The van der Waals surface area contributed by atoms with E-state index in [0.717, 1.165) is 78.0 Å². The maximum Gasteiger partial charge on any atom is 0.263 e. The van der Waals surface area contributed by atoms with Gasteiger partial charge in [-0.3, -0.25) is 0 Å². The van der Waals surface area contributed by atoms with Crippen molar-refractivity contribution in [3.05, 3.63) is 321 Å². The van der Waals surface area contributed by atoms with Gasteiger partial charge in [-0.25, -0.2) is 80.9 Å². The van der Waals surface area contributed by atoms with E-state index in [-0.39, 0.29) is 45.6 Å². The molecule has 16 heterocycles. The summed E-state index contributed by atoms with van der Waals surface area (Å²) in [7, 11) is 0. The van der Waals surface area contributed by atoms with Crippen LogP contribution in [0.2, 0.25) is 0 Å². The molecular formula is C91H40N16S16. The minimum Gasteiger partial charge on any atom is -0.227 e. The lowest BCUT2D eigenvalue weighted by atomic mass is 10.2. The van der Waals surface area contributed by atoms with E-state index in [1.54, 1.807) is 230 Å². The van der Waals surface area contributed by atoms with Crippen molar-refractivity contribution in [2.75, 3.05) is 0 Å². The molecule has 32 heteroatoms. The van der Waals surface area contributed by atoms with Gasteiger partial charge < -0.3 is 0 Å². The molecule has 0 radical (unpaired) electrons. The summed E-state index contributed by atoms with van der Waals surface area (Å²) in [5.41, 5.74) is 1.93. The smallest absolute Gasteiger partial charge is 0.227 e. The van der Waals surface area contributed by atoms with E-state index in [2.05, 4.69) is 88.1 Å². The highest BCUT2D eigenvalue weighted by atomic mass is 32.2. The summed E-state index contributed by atoms with van der Waals surface area (Å²) in [6.45, 7) is 62.1. The molecule has 16 rings (SSSR count). The average molecular weight is 1870 g/mol. The summed E-state index contributed by atoms with van der Waals surface area (Å²) < 4.78 is 9.72. The minimum atomic E-state index is 0.0867. The van der Waals surface area contributed by atoms with Gasteiger partial charge in [-0.1, -0.05) is 13.8 Å². The molecule has 16 aromatic heterocycles. The van der Waals surface area contributed by atoms with Crippen LogP contribution in [0.5, 0.6) is 0 Å². The lowest BCUT2D eigenvalue weighted by Crippen LogP contribution is -1.68. The van der Waals surface area contributed by atoms with Gasteiger partial charge in [0.05, 0.1) is 101 Å². The number of allylic oxidation sites excluding steroid dienone is 8. The Bertz CT molecular complexity index is 6770. The number of nitrogens with zero attached hydrogens (tertiary/aromatic N) is 16. The van der Waals surface area contributed by atoms with Crippen LogP contribution in [0.25, 0.3) is 203 Å². The summed E-state index contributed by atoms with van der Waals surface area (Å²) in [4.78, 5) is 51.1. The van der Waals surface area contributed by atoms with Crippen molar-refractivity contribution in [1.29, 1.82) is 42.1 Å². The Labute approximate surface area is 769 Å². The zero-order chi connectivity index (χ0) is 87.2. The highest BCUT2D eigenvalue weighted by Crippen LogP contribution is 2.51. The van der Waals surface area contributed by atoms with Gasteiger partial charge in [-0.05, 0) is 201 Å². The molecule has 0 saturated heterocycles. The minimum absolute atomic E-state index is 0.0867. The van der Waals surface area contributed by atoms with Crippen LogP contribution in [0.15, 0.2) is 185 Å². The molecular weight excluding hydrogens is 1830 g/mol. The van der Waals surface area contributed by atoms with Gasteiger partial charge in [-0.15, -0.1) is 181 Å². The van der Waals surface area contributed by atoms with E-state index in [0.29, 0.717) is 0 Å². The van der Waals surface area contributed by atoms with Gasteiger partial charge in [0.15, 0.2) is 0 Å². The Balaban J connectivity index is 0.000000149. The van der Waals surface area contributed by atoms with Gasteiger partial charge in [-0.2, -0.15) is 0 Å². The van der Waals surface area contributed by atoms with Gasteiger partial charge in [0.1, 0.15) is 0 Å². The second-order valence-electron chi connectivity index (χ2n) is 23.9. The Morgan fingerprint density at radius 2 is 0.382 bits per heavy atom. The lowest BCUT2D eigenvalue weighted by molar-refractivity contribution is 1.50. The Kier molecular flexibility index (Phi) is 30.0. The molecule has 580 valence electrons. The molecule has 0 unspecified atom stereocenters. The highest BCUT2D eigenvalue weighted by molar-refractivity contribution is 7.36. The fraction of sp³-hybridized carbons (Fsp3) is 0.0330. The van der Waals surface area contributed by atoms with Gasteiger partial charge >= 0.3 is 0 Å². The van der Waals surface area contributed by atoms with E-state index in [4.69, 9.17) is 94.7 Å². The molecule has 16 aromatic rings. The SMILES string of the molecule is CC.[C-]#[N+]/C(C#N)=C\c1ccc(-c2cc3sc(-c4ccc(/C=C(\C#N)[N+]#[C-])s4)cc3s2)s1.[C-]#[N+]/C(C#N)=C\c1ccc(-c2cc3sc(-c4ccc(/C=C(\C#N)[N+]#[C-])s4)cc3s2)s1.[C-]#[N+]/C(C#N)=C\c1ccc(-c2cc3sc(-c4ccc(/C=C(\C#N)[N+]#[C-])s4)cc3s2)s1.[C-]#[N+]/C(C#N)=C\c1ccc(-c2sc3cc(-c4ccc(/C=C(\C#N)[N+]#[C-])s4)sc3c2C)s1. The van der Waals surface area contributed by atoms with E-state index in [9.17, 15) is 0 Å². The third kappa shape index (κ3) is 21.4. The molecule has 0 aliphatic carbocycles. The van der Waals surface area contributed by atoms with Gasteiger partial charge in [0.25, 0.3) is 45.6 Å². The maximum absolute atomic E-state index is 8.96. The zero-order valence-electron chi connectivity index (χ0n) is 63.1. The average Bonchev–Trinajstić information content (AvgIpc) is 1.63. The standard InChI is InChI=1S/C23H10N4S4.3C22H8N4S4.C2H6/c1-13-22(19-7-5-17(29-19)9-15(12-25)27-3)31-21-10-20(30-23(13)21)18-6-4-16(28-18)8-14(11-24)26-2;3*1-25-13(11-23)7-15-3-5-17(27-15)19-9-21-22(29-19)10-20(30-21)18-6-4-16(28-18)8-14(12-24)26-2;1-2/h4-10H,1H3;3*3-10H;1-2H3/b14-8+,15-9-;3*13-7-,14-8+;. The van der Waals surface area contributed by atoms with E-state index < -0.39 is 0 Å². The van der Waals surface area contributed by atoms with Crippen LogP contribution in [0, 0.1) is 150 Å². The Morgan fingerprint density at radius 1 is 0.220 bits per heavy atom. The molecule has 0 spiro atoms. The van der Waals surface area contributed by atoms with Crippen LogP contribution in [0.4, 0.5) is 0 Å². The summed E-state index contributed by atoms with van der Waals surface area (Å²) >= 11 is 26.4. The number of hydrogen-bond acceptors (Lipinski definition) is 24. The molecule has 123 heavy (non-hydrogen) atoms. The fourth-order valence-electron chi connectivity index (χ4n) is 10.9. The van der Waals surface area contributed by atoms with Crippen LogP contribution in [0.3, 0.4) is 0 Å². The van der Waals surface area contributed by atoms with Crippen LogP contribution in [-0.4, -0.2) is 0 Å². The Morgan fingerprint density at radius 3 is 0.553 bits per heavy atom. The number of aryl methyl sites for hydroxylation is 1. The second-order valence-corrected chi connectivity index (χ2v) is 41.4. The number of thiophene rings is 16. The Hall–Kier alpha value is -14.0. The van der Waals surface area contributed by atoms with Crippen molar-refractivity contribution in [2.24, 2.45) is 0 Å². The van der Waals surface area contributed by atoms with Gasteiger partial charge in [0, 0.05) is 155 Å². The van der Waals surface area contributed by atoms with E-state index >= 15 is 0 Å². The number of fused-ring (bicyclic) bond motifs is 4. The summed E-state index contributed by atoms with van der Waals surface area (Å²) in [6.07, 6.45) is 12.9. The predicted octanol–water partition coefficient (Wildman–Crippen LogP) is 33.3. The summed E-state index contributed by atoms with van der Waals surface area (Å²) in [5.74, 6) is 0. The molecule has 0 N–H and O–H groups in total. The molecule has 0 aromatic carbocycles. The van der Waals surface area contributed by atoms with Crippen molar-refractivity contribution >= 4 is 268 Å². The molecule has 0 bridgehead atoms. The lowest BCUT2D eigenvalue weighted by Gasteiger charge is -1.95. The molecule has 0 amide bonds. The first-order valence-electron chi connectivity index (χ1n) is 34.8. The highest BCUT2D eigenvalue weighted by Gasteiger charge is 2.21. The van der Waals surface area contributed by atoms with Crippen molar-refractivity contribution in [3.63, 3.8) is 0 Å². The van der Waals surface area contributed by atoms with Crippen LogP contribution >= 0.6 is 181 Å². The molecule has 0 atom stereocenters. The first-order valence-corrected chi connectivity index (χ1v) is 47.9. The first-order chi connectivity index (χ1) is 59.9. The first kappa shape index (κ1) is 88.3. The maximum atomic E-state index is 8.96. The summed E-state index contributed by atoms with van der Waals surface area (Å²) in [6, 6.07) is 62.1. The van der Waals surface area contributed by atoms with Crippen LogP contribution in [0.1, 0.15) is 58.4 Å². The molecule has 0 saturated carbocycles. The monoisotopic (exact) mass is 1870 g/mol. The van der Waals surface area contributed by atoms with Crippen molar-refractivity contribution < 1.29 is 0 Å². The van der Waals surface area contributed by atoms with Crippen molar-refractivity contribution in [1.82, 2.24) is 0 Å². The third-order valence-electron chi connectivity index (χ3n) is 16.3. The predicted molar refractivity (Wildman–Crippen MR) is 523 cm³/mol. The summed E-state index contributed by atoms with van der Waals surface area (Å²) in [5, 5.41) is 71.4. The van der Waals surface area contributed by atoms with Crippen LogP contribution < -0.4 is 0 Å². The van der Waals surface area contributed by atoms with Crippen molar-refractivity contribution in [3.8, 4) is 127 Å². The van der Waals surface area contributed by atoms with Gasteiger partial charge in [0.2, 0.25) is 0 Å². The normalized spacial score (nSPS) is 11.5. The number of hydrogen-bond donors (Lipinski definition) is 0. The fourth-order valence-corrected chi connectivity index (χ4v) is 29.0.